The average Bonchev–Trinajstić information content (AvgIpc) is 2.57. The first-order valence-electron chi connectivity index (χ1n) is 7.96. The Morgan fingerprint density at radius 1 is 1.17 bits per heavy atom. The summed E-state index contributed by atoms with van der Waals surface area (Å²) in [6.07, 6.45) is 2.72. The van der Waals surface area contributed by atoms with Crippen molar-refractivity contribution in [2.45, 2.75) is 38.4 Å². The molecule has 2 aliphatic rings. The molecule has 1 saturated carbocycles. The molecule has 24 heavy (non-hydrogen) atoms. The first-order valence-corrected chi connectivity index (χ1v) is 7.96. The number of carbonyl (C=O) groups excluding carboxylic acids is 2. The number of ether oxygens (including phenoxy) is 4. The van der Waals surface area contributed by atoms with Crippen LogP contribution in [0.15, 0.2) is 36.3 Å². The quantitative estimate of drug-likeness (QED) is 0.789. The van der Waals surface area contributed by atoms with Gasteiger partial charge in [-0.25, -0.2) is 0 Å². The number of ketones is 1. The molecular formula is C18H20O6. The van der Waals surface area contributed by atoms with Gasteiger partial charge >= 0.3 is 5.97 Å². The van der Waals surface area contributed by atoms with Crippen LogP contribution in [0.3, 0.4) is 0 Å². The minimum Gasteiger partial charge on any atom is -0.497 e. The molecule has 0 amide bonds. The SMILES string of the molecule is COc1ccc(OC2=COC3CC(OC(C)=O)CCC3C2=O)cc1. The lowest BCUT2D eigenvalue weighted by Gasteiger charge is -2.36. The molecule has 0 bridgehead atoms. The van der Waals surface area contributed by atoms with Crippen LogP contribution >= 0.6 is 0 Å². The van der Waals surface area contributed by atoms with E-state index in [-0.39, 0.29) is 35.6 Å². The van der Waals surface area contributed by atoms with Crippen molar-refractivity contribution in [2.75, 3.05) is 7.11 Å². The van der Waals surface area contributed by atoms with E-state index in [9.17, 15) is 9.59 Å². The zero-order valence-corrected chi connectivity index (χ0v) is 13.7. The smallest absolute Gasteiger partial charge is 0.302 e. The number of carbonyl (C=O) groups is 2. The molecule has 0 radical (unpaired) electrons. The largest absolute Gasteiger partial charge is 0.497 e. The second kappa shape index (κ2) is 6.95. The lowest BCUT2D eigenvalue weighted by atomic mass is 9.80. The number of esters is 1. The van der Waals surface area contributed by atoms with Gasteiger partial charge in [0.05, 0.1) is 13.0 Å². The molecule has 3 atom stereocenters. The van der Waals surface area contributed by atoms with Gasteiger partial charge in [-0.05, 0) is 37.1 Å². The van der Waals surface area contributed by atoms with E-state index in [1.807, 2.05) is 0 Å². The van der Waals surface area contributed by atoms with Crippen LogP contribution in [0.2, 0.25) is 0 Å². The number of hydrogen-bond donors (Lipinski definition) is 0. The molecule has 1 aromatic rings. The Kier molecular flexibility index (Phi) is 4.74. The Bertz CT molecular complexity index is 648. The molecule has 0 saturated heterocycles. The number of rotatable bonds is 4. The van der Waals surface area contributed by atoms with E-state index in [1.54, 1.807) is 31.4 Å². The molecule has 0 aromatic heterocycles. The van der Waals surface area contributed by atoms with E-state index in [2.05, 4.69) is 0 Å². The van der Waals surface area contributed by atoms with Crippen molar-refractivity contribution in [1.29, 1.82) is 0 Å². The van der Waals surface area contributed by atoms with Crippen molar-refractivity contribution in [3.8, 4) is 11.5 Å². The van der Waals surface area contributed by atoms with Gasteiger partial charge in [0.1, 0.15) is 30.0 Å². The molecule has 0 N–H and O–H groups in total. The Hall–Kier alpha value is -2.50. The summed E-state index contributed by atoms with van der Waals surface area (Å²) < 4.78 is 21.6. The summed E-state index contributed by atoms with van der Waals surface area (Å²) in [6.45, 7) is 1.39. The van der Waals surface area contributed by atoms with Crippen LogP contribution in [0.4, 0.5) is 0 Å². The van der Waals surface area contributed by atoms with Crippen molar-refractivity contribution in [3.05, 3.63) is 36.3 Å². The van der Waals surface area contributed by atoms with Gasteiger partial charge in [-0.2, -0.15) is 0 Å². The maximum Gasteiger partial charge on any atom is 0.302 e. The minimum absolute atomic E-state index is 0.0663. The lowest BCUT2D eigenvalue weighted by Crippen LogP contribution is -2.42. The van der Waals surface area contributed by atoms with Crippen molar-refractivity contribution in [3.63, 3.8) is 0 Å². The zero-order chi connectivity index (χ0) is 17.1. The maximum atomic E-state index is 12.6. The van der Waals surface area contributed by atoms with E-state index < -0.39 is 0 Å². The molecule has 1 aromatic carbocycles. The van der Waals surface area contributed by atoms with Crippen LogP contribution in [0.5, 0.6) is 11.5 Å². The summed E-state index contributed by atoms with van der Waals surface area (Å²) in [4.78, 5) is 23.7. The number of methoxy groups -OCH3 is 1. The minimum atomic E-state index is -0.306. The molecule has 6 nitrogen and oxygen atoms in total. The van der Waals surface area contributed by atoms with E-state index in [4.69, 9.17) is 18.9 Å². The van der Waals surface area contributed by atoms with E-state index >= 15 is 0 Å². The highest BCUT2D eigenvalue weighted by atomic mass is 16.5. The normalized spacial score (nSPS) is 25.8. The molecule has 3 rings (SSSR count). The predicted octanol–water partition coefficient (Wildman–Crippen LogP) is 2.62. The Morgan fingerprint density at radius 2 is 1.88 bits per heavy atom. The summed E-state index contributed by atoms with van der Waals surface area (Å²) in [7, 11) is 1.59. The maximum absolute atomic E-state index is 12.6. The number of fused-ring (bicyclic) bond motifs is 1. The van der Waals surface area contributed by atoms with E-state index in [0.717, 1.165) is 0 Å². The predicted molar refractivity (Wildman–Crippen MR) is 84.5 cm³/mol. The Balaban J connectivity index is 1.66. The van der Waals surface area contributed by atoms with E-state index in [1.165, 1.54) is 13.2 Å². The lowest BCUT2D eigenvalue weighted by molar-refractivity contribution is -0.152. The number of Topliss-reactive ketones (excluding diaryl/α,β-unsaturated/α-hetero) is 1. The second-order valence-electron chi connectivity index (χ2n) is 5.95. The fourth-order valence-electron chi connectivity index (χ4n) is 3.12. The summed E-state index contributed by atoms with van der Waals surface area (Å²) in [5, 5.41) is 0. The van der Waals surface area contributed by atoms with Gasteiger partial charge < -0.3 is 18.9 Å². The van der Waals surface area contributed by atoms with Gasteiger partial charge in [0.15, 0.2) is 0 Å². The summed E-state index contributed by atoms with van der Waals surface area (Å²) >= 11 is 0. The van der Waals surface area contributed by atoms with Crippen LogP contribution in [0, 0.1) is 5.92 Å². The molecule has 6 heteroatoms. The first kappa shape index (κ1) is 16.4. The molecule has 128 valence electrons. The third kappa shape index (κ3) is 3.53. The fourth-order valence-corrected chi connectivity index (χ4v) is 3.12. The highest BCUT2D eigenvalue weighted by molar-refractivity contribution is 5.96. The van der Waals surface area contributed by atoms with Crippen LogP contribution in [0.1, 0.15) is 26.2 Å². The average molecular weight is 332 g/mol. The zero-order valence-electron chi connectivity index (χ0n) is 13.7. The molecule has 0 spiro atoms. The van der Waals surface area contributed by atoms with Gasteiger partial charge in [-0.1, -0.05) is 0 Å². The highest BCUT2D eigenvalue weighted by Gasteiger charge is 2.41. The van der Waals surface area contributed by atoms with Crippen molar-refractivity contribution in [2.24, 2.45) is 5.92 Å². The van der Waals surface area contributed by atoms with Crippen molar-refractivity contribution >= 4 is 11.8 Å². The summed E-state index contributed by atoms with van der Waals surface area (Å²) in [5.74, 6) is 0.836. The Morgan fingerprint density at radius 3 is 2.54 bits per heavy atom. The number of allylic oxidation sites excluding steroid dienone is 1. The van der Waals surface area contributed by atoms with Crippen molar-refractivity contribution < 1.29 is 28.5 Å². The second-order valence-corrected chi connectivity index (χ2v) is 5.95. The molecule has 1 aliphatic carbocycles. The topological polar surface area (TPSA) is 71.1 Å². The molecular weight excluding hydrogens is 312 g/mol. The van der Waals surface area contributed by atoms with Gasteiger partial charge in [-0.3, -0.25) is 9.59 Å². The van der Waals surface area contributed by atoms with Gasteiger partial charge in [0, 0.05) is 13.3 Å². The third-order valence-electron chi connectivity index (χ3n) is 4.29. The standard InChI is InChI=1S/C18H20O6/c1-11(19)23-14-7-8-15-16(9-14)22-10-17(18(15)20)24-13-5-3-12(21-2)4-6-13/h3-6,10,14-16H,7-9H2,1-2H3. The van der Waals surface area contributed by atoms with E-state index in [0.29, 0.717) is 30.8 Å². The Labute approximate surface area is 140 Å². The van der Waals surface area contributed by atoms with Gasteiger partial charge in [-0.15, -0.1) is 0 Å². The van der Waals surface area contributed by atoms with Crippen LogP contribution in [-0.2, 0) is 19.1 Å². The van der Waals surface area contributed by atoms with Crippen molar-refractivity contribution in [1.82, 2.24) is 0 Å². The molecule has 1 heterocycles. The summed E-state index contributed by atoms with van der Waals surface area (Å²) in [5.41, 5.74) is 0. The van der Waals surface area contributed by atoms with Gasteiger partial charge in [0.2, 0.25) is 11.5 Å². The summed E-state index contributed by atoms with van der Waals surface area (Å²) in [6, 6.07) is 6.99. The van der Waals surface area contributed by atoms with Crippen LogP contribution in [0.25, 0.3) is 0 Å². The fraction of sp³-hybridized carbons (Fsp3) is 0.444. The van der Waals surface area contributed by atoms with Crippen LogP contribution < -0.4 is 9.47 Å². The third-order valence-corrected chi connectivity index (χ3v) is 4.29. The van der Waals surface area contributed by atoms with Crippen LogP contribution in [-0.4, -0.2) is 31.1 Å². The molecule has 1 fully saturated rings. The number of benzene rings is 1. The monoisotopic (exact) mass is 332 g/mol. The number of hydrogen-bond acceptors (Lipinski definition) is 6. The highest BCUT2D eigenvalue weighted by Crippen LogP contribution is 2.35. The molecule has 3 unspecified atom stereocenters. The first-order chi connectivity index (χ1) is 11.6. The molecule has 1 aliphatic heterocycles. The van der Waals surface area contributed by atoms with Gasteiger partial charge in [0.25, 0.3) is 0 Å².